The molecule has 4 rings (SSSR count). The molecule has 2 aromatic heterocycles. The van der Waals surface area contributed by atoms with Gasteiger partial charge in [-0.15, -0.1) is 0 Å². The molecule has 0 bridgehead atoms. The molecule has 3 heterocycles. The van der Waals surface area contributed by atoms with Crippen LogP contribution in [0.25, 0.3) is 0 Å². The summed E-state index contributed by atoms with van der Waals surface area (Å²) in [6.45, 7) is 4.10. The minimum absolute atomic E-state index is 0.0195. The van der Waals surface area contributed by atoms with E-state index in [9.17, 15) is 4.79 Å². The molecule has 150 valence electrons. The Morgan fingerprint density at radius 2 is 1.93 bits per heavy atom. The van der Waals surface area contributed by atoms with Crippen LogP contribution in [0.3, 0.4) is 0 Å². The summed E-state index contributed by atoms with van der Waals surface area (Å²) in [5.74, 6) is 1.78. The first-order chi connectivity index (χ1) is 14.2. The Morgan fingerprint density at radius 3 is 2.66 bits per heavy atom. The highest BCUT2D eigenvalue weighted by molar-refractivity contribution is 7.99. The average molecular weight is 409 g/mol. The molecule has 1 aromatic carbocycles. The van der Waals surface area contributed by atoms with Gasteiger partial charge in [-0.1, -0.05) is 29.5 Å². The quantitative estimate of drug-likeness (QED) is 0.663. The number of aryl methyl sites for hydroxylation is 1. The van der Waals surface area contributed by atoms with Gasteiger partial charge in [0.2, 0.25) is 5.91 Å². The minimum atomic E-state index is 0.0195. The molecule has 1 N–H and O–H groups in total. The van der Waals surface area contributed by atoms with E-state index in [0.29, 0.717) is 6.54 Å². The number of furan rings is 1. The number of amides is 1. The largest absolute Gasteiger partial charge is 0.467 e. The molecular weight excluding hydrogens is 384 g/mol. The Balaban J connectivity index is 1.36. The third-order valence-electron chi connectivity index (χ3n) is 5.06. The summed E-state index contributed by atoms with van der Waals surface area (Å²) in [5, 5.41) is 3.87. The van der Waals surface area contributed by atoms with Crippen LogP contribution in [0, 0.1) is 12.8 Å². The first-order valence-electron chi connectivity index (χ1n) is 9.79. The molecule has 7 heteroatoms. The predicted octanol–water partition coefficient (Wildman–Crippen LogP) is 4.06. The van der Waals surface area contributed by atoms with Crippen LogP contribution in [0.4, 0.5) is 5.82 Å². The highest BCUT2D eigenvalue weighted by Crippen LogP contribution is 2.34. The Bertz CT molecular complexity index is 936. The smallest absolute Gasteiger partial charge is 0.223 e. The van der Waals surface area contributed by atoms with Crippen molar-refractivity contribution in [3.05, 3.63) is 66.4 Å². The van der Waals surface area contributed by atoms with Crippen LogP contribution in [-0.2, 0) is 11.3 Å². The van der Waals surface area contributed by atoms with Crippen molar-refractivity contribution in [1.82, 2.24) is 15.3 Å². The number of aromatic nitrogens is 2. The minimum Gasteiger partial charge on any atom is -0.467 e. The van der Waals surface area contributed by atoms with Crippen LogP contribution in [0.2, 0.25) is 0 Å². The van der Waals surface area contributed by atoms with Gasteiger partial charge in [0.15, 0.2) is 5.82 Å². The summed E-state index contributed by atoms with van der Waals surface area (Å²) in [5.41, 5.74) is 1.24. The third kappa shape index (κ3) is 4.98. The van der Waals surface area contributed by atoms with E-state index in [1.807, 2.05) is 12.1 Å². The maximum Gasteiger partial charge on any atom is 0.223 e. The monoisotopic (exact) mass is 408 g/mol. The topological polar surface area (TPSA) is 71.3 Å². The van der Waals surface area contributed by atoms with E-state index in [1.54, 1.807) is 30.4 Å². The molecule has 1 amide bonds. The van der Waals surface area contributed by atoms with Gasteiger partial charge in [-0.2, -0.15) is 0 Å². The normalized spacial score (nSPS) is 14.7. The van der Waals surface area contributed by atoms with Crippen LogP contribution in [-0.4, -0.2) is 29.0 Å². The molecule has 0 atom stereocenters. The molecule has 6 nitrogen and oxygen atoms in total. The van der Waals surface area contributed by atoms with Crippen molar-refractivity contribution in [2.24, 2.45) is 5.92 Å². The number of anilines is 1. The summed E-state index contributed by atoms with van der Waals surface area (Å²) >= 11 is 1.63. The molecule has 0 spiro atoms. The molecule has 1 saturated heterocycles. The lowest BCUT2D eigenvalue weighted by molar-refractivity contribution is -0.125. The molecule has 29 heavy (non-hydrogen) atoms. The SMILES string of the molecule is Cc1ccc(Sc2nccnc2N2CCC(C(=O)NCc3ccco3)CC2)cc1. The van der Waals surface area contributed by atoms with Crippen molar-refractivity contribution < 1.29 is 9.21 Å². The van der Waals surface area contributed by atoms with Gasteiger partial charge in [-0.05, 0) is 44.0 Å². The van der Waals surface area contributed by atoms with Crippen LogP contribution in [0.1, 0.15) is 24.2 Å². The van der Waals surface area contributed by atoms with Gasteiger partial charge in [0.25, 0.3) is 0 Å². The molecular formula is C22H24N4O2S. The van der Waals surface area contributed by atoms with E-state index < -0.39 is 0 Å². The van der Waals surface area contributed by atoms with Gasteiger partial charge in [-0.3, -0.25) is 4.79 Å². The van der Waals surface area contributed by atoms with Crippen LogP contribution >= 0.6 is 11.8 Å². The lowest BCUT2D eigenvalue weighted by atomic mass is 9.96. The fraction of sp³-hybridized carbons (Fsp3) is 0.318. The van der Waals surface area contributed by atoms with E-state index in [-0.39, 0.29) is 11.8 Å². The number of piperidine rings is 1. The molecule has 0 radical (unpaired) electrons. The number of nitrogens with zero attached hydrogens (tertiary/aromatic N) is 3. The second kappa shape index (κ2) is 9.13. The molecule has 3 aromatic rings. The molecule has 0 unspecified atom stereocenters. The fourth-order valence-corrected chi connectivity index (χ4v) is 4.29. The van der Waals surface area contributed by atoms with Gasteiger partial charge < -0.3 is 14.6 Å². The zero-order valence-electron chi connectivity index (χ0n) is 16.4. The summed E-state index contributed by atoms with van der Waals surface area (Å²) in [6, 6.07) is 12.1. The summed E-state index contributed by atoms with van der Waals surface area (Å²) < 4.78 is 5.27. The molecule has 1 fully saturated rings. The van der Waals surface area contributed by atoms with Crippen LogP contribution < -0.4 is 10.2 Å². The highest BCUT2D eigenvalue weighted by atomic mass is 32.2. The Labute approximate surface area is 174 Å². The number of hydrogen-bond acceptors (Lipinski definition) is 6. The van der Waals surface area contributed by atoms with Gasteiger partial charge in [0.1, 0.15) is 10.8 Å². The van der Waals surface area contributed by atoms with E-state index >= 15 is 0 Å². The molecule has 1 aliphatic heterocycles. The van der Waals surface area contributed by atoms with E-state index in [1.165, 1.54) is 5.56 Å². The number of carbonyl (C=O) groups excluding carboxylic acids is 1. The Hall–Kier alpha value is -2.80. The van der Waals surface area contributed by atoms with Crippen molar-refractivity contribution in [3.8, 4) is 0 Å². The molecule has 0 aliphatic carbocycles. The predicted molar refractivity (Wildman–Crippen MR) is 113 cm³/mol. The maximum atomic E-state index is 12.5. The van der Waals surface area contributed by atoms with Gasteiger partial charge >= 0.3 is 0 Å². The molecule has 1 aliphatic rings. The van der Waals surface area contributed by atoms with E-state index in [2.05, 4.69) is 51.4 Å². The van der Waals surface area contributed by atoms with Gasteiger partial charge in [0, 0.05) is 36.3 Å². The first-order valence-corrected chi connectivity index (χ1v) is 10.6. The number of nitrogens with one attached hydrogen (secondary N) is 1. The molecule has 0 saturated carbocycles. The fourth-order valence-electron chi connectivity index (χ4n) is 3.41. The van der Waals surface area contributed by atoms with Crippen molar-refractivity contribution >= 4 is 23.5 Å². The zero-order valence-corrected chi connectivity index (χ0v) is 17.2. The van der Waals surface area contributed by atoms with Crippen LogP contribution in [0.15, 0.2) is 69.4 Å². The van der Waals surface area contributed by atoms with Gasteiger partial charge in [0.05, 0.1) is 12.8 Å². The third-order valence-corrected chi connectivity index (χ3v) is 6.05. The second-order valence-corrected chi connectivity index (χ2v) is 8.22. The number of hydrogen-bond donors (Lipinski definition) is 1. The van der Waals surface area contributed by atoms with E-state index in [0.717, 1.165) is 47.4 Å². The number of benzene rings is 1. The van der Waals surface area contributed by atoms with Crippen molar-refractivity contribution in [1.29, 1.82) is 0 Å². The van der Waals surface area contributed by atoms with Crippen LogP contribution in [0.5, 0.6) is 0 Å². The summed E-state index contributed by atoms with van der Waals surface area (Å²) in [4.78, 5) is 25.0. The maximum absolute atomic E-state index is 12.5. The lowest BCUT2D eigenvalue weighted by Gasteiger charge is -2.32. The summed E-state index contributed by atoms with van der Waals surface area (Å²) in [7, 11) is 0. The standard InChI is InChI=1S/C22H24N4O2S/c1-16-4-6-19(7-5-16)29-22-20(23-10-11-24-22)26-12-8-17(9-13-26)21(27)25-15-18-3-2-14-28-18/h2-7,10-11,14,17H,8-9,12-13,15H2,1H3,(H,25,27). The lowest BCUT2D eigenvalue weighted by Crippen LogP contribution is -2.40. The van der Waals surface area contributed by atoms with E-state index in [4.69, 9.17) is 4.42 Å². The van der Waals surface area contributed by atoms with Gasteiger partial charge in [-0.25, -0.2) is 9.97 Å². The number of rotatable bonds is 6. The Morgan fingerprint density at radius 1 is 1.17 bits per heavy atom. The van der Waals surface area contributed by atoms with Crippen molar-refractivity contribution in [3.63, 3.8) is 0 Å². The highest BCUT2D eigenvalue weighted by Gasteiger charge is 2.27. The second-order valence-electron chi connectivity index (χ2n) is 7.16. The van der Waals surface area contributed by atoms with Crippen molar-refractivity contribution in [2.75, 3.05) is 18.0 Å². The zero-order chi connectivity index (χ0) is 20.1. The summed E-state index contributed by atoms with van der Waals surface area (Å²) in [6.07, 6.45) is 6.68. The Kier molecular flexibility index (Phi) is 6.14. The number of carbonyl (C=O) groups is 1. The average Bonchev–Trinajstić information content (AvgIpc) is 3.28. The van der Waals surface area contributed by atoms with Crippen molar-refractivity contribution in [2.45, 2.75) is 36.2 Å². The first kappa shape index (κ1) is 19.5.